The van der Waals surface area contributed by atoms with E-state index in [1.165, 1.54) is 89.9 Å². The van der Waals surface area contributed by atoms with E-state index in [0.29, 0.717) is 12.8 Å². The van der Waals surface area contributed by atoms with Crippen LogP contribution in [-0.4, -0.2) is 24.1 Å². The Kier molecular flexibility index (Phi) is 16.7. The van der Waals surface area contributed by atoms with Crippen molar-refractivity contribution in [2.75, 3.05) is 0 Å². The summed E-state index contributed by atoms with van der Waals surface area (Å²) >= 11 is 0. The van der Waals surface area contributed by atoms with E-state index < -0.39 is 0 Å². The molecule has 0 atom stereocenters. The Labute approximate surface area is 224 Å². The molecule has 1 aliphatic carbocycles. The minimum Gasteiger partial charge on any atom is -0.461 e. The van der Waals surface area contributed by atoms with Gasteiger partial charge in [-0.3, -0.25) is 9.59 Å². The predicted octanol–water partition coefficient (Wildman–Crippen LogP) is 9.72. The van der Waals surface area contributed by atoms with Crippen LogP contribution in [0, 0.1) is 10.8 Å². The van der Waals surface area contributed by atoms with Crippen LogP contribution in [0.4, 0.5) is 0 Å². The van der Waals surface area contributed by atoms with Crippen molar-refractivity contribution in [1.29, 1.82) is 0 Å². The van der Waals surface area contributed by atoms with E-state index in [4.69, 9.17) is 9.47 Å². The van der Waals surface area contributed by atoms with Gasteiger partial charge < -0.3 is 9.47 Å². The third-order valence-electron chi connectivity index (χ3n) is 8.17. The van der Waals surface area contributed by atoms with Crippen LogP contribution in [0.5, 0.6) is 0 Å². The monoisotopic (exact) mass is 508 g/mol. The van der Waals surface area contributed by atoms with Crippen molar-refractivity contribution < 1.29 is 19.1 Å². The number of ether oxygens (including phenoxy) is 2. The van der Waals surface area contributed by atoms with Gasteiger partial charge in [-0.25, -0.2) is 0 Å². The van der Waals surface area contributed by atoms with E-state index >= 15 is 0 Å². The second-order valence-corrected chi connectivity index (χ2v) is 12.5. The molecule has 0 radical (unpaired) electrons. The summed E-state index contributed by atoms with van der Waals surface area (Å²) in [5, 5.41) is 0. The highest BCUT2D eigenvalue weighted by Crippen LogP contribution is 2.57. The Bertz CT molecular complexity index is 531. The van der Waals surface area contributed by atoms with Crippen LogP contribution >= 0.6 is 0 Å². The van der Waals surface area contributed by atoms with Crippen molar-refractivity contribution in [1.82, 2.24) is 0 Å². The predicted molar refractivity (Wildman–Crippen MR) is 151 cm³/mol. The fourth-order valence-electron chi connectivity index (χ4n) is 6.24. The summed E-state index contributed by atoms with van der Waals surface area (Å²) in [5.41, 5.74) is -0.711. The maximum Gasteiger partial charge on any atom is 0.306 e. The molecule has 1 fully saturated rings. The minimum absolute atomic E-state index is 0.108. The van der Waals surface area contributed by atoms with Gasteiger partial charge in [0.15, 0.2) is 0 Å². The van der Waals surface area contributed by atoms with Crippen LogP contribution in [0.1, 0.15) is 170 Å². The Morgan fingerprint density at radius 3 is 1.00 bits per heavy atom. The van der Waals surface area contributed by atoms with Gasteiger partial charge in [-0.15, -0.1) is 0 Å². The topological polar surface area (TPSA) is 52.6 Å². The average molecular weight is 509 g/mol. The molecule has 0 unspecified atom stereocenters. The zero-order valence-corrected chi connectivity index (χ0v) is 24.9. The van der Waals surface area contributed by atoms with Gasteiger partial charge in [0.05, 0.1) is 0 Å². The molecule has 0 heterocycles. The number of esters is 2. The molecule has 0 aromatic heterocycles. The van der Waals surface area contributed by atoms with E-state index in [1.807, 2.05) is 0 Å². The van der Waals surface area contributed by atoms with Crippen molar-refractivity contribution in [3.05, 3.63) is 0 Å². The lowest BCUT2D eigenvalue weighted by atomic mass is 9.51. The van der Waals surface area contributed by atoms with Crippen LogP contribution in [0.25, 0.3) is 0 Å². The normalized spacial score (nSPS) is 20.1. The van der Waals surface area contributed by atoms with Gasteiger partial charge >= 0.3 is 11.9 Å². The lowest BCUT2D eigenvalue weighted by molar-refractivity contribution is -0.268. The number of carbonyl (C=O) groups excluding carboxylic acids is 2. The first-order valence-corrected chi connectivity index (χ1v) is 15.6. The average Bonchev–Trinajstić information content (AvgIpc) is 2.83. The molecular formula is C32H60O4. The molecular weight excluding hydrogens is 448 g/mol. The highest BCUT2D eigenvalue weighted by Gasteiger charge is 2.66. The molecule has 0 amide bonds. The van der Waals surface area contributed by atoms with E-state index in [9.17, 15) is 9.59 Å². The molecule has 0 aliphatic heterocycles. The molecule has 0 aromatic carbocycles. The Hall–Kier alpha value is -1.06. The number of hydrogen-bond donors (Lipinski definition) is 0. The molecule has 0 spiro atoms. The third kappa shape index (κ3) is 12.0. The Morgan fingerprint density at radius 1 is 0.472 bits per heavy atom. The largest absolute Gasteiger partial charge is 0.461 e. The molecule has 0 saturated heterocycles. The third-order valence-corrected chi connectivity index (χ3v) is 8.17. The zero-order chi connectivity index (χ0) is 26.9. The van der Waals surface area contributed by atoms with Gasteiger partial charge in [-0.05, 0) is 12.8 Å². The minimum atomic E-state index is -0.355. The summed E-state index contributed by atoms with van der Waals surface area (Å²) in [6, 6.07) is 0. The summed E-state index contributed by atoms with van der Waals surface area (Å²) in [6.07, 6.45) is 22.8. The first kappa shape index (κ1) is 33.0. The van der Waals surface area contributed by atoms with Crippen LogP contribution in [-0.2, 0) is 19.1 Å². The highest BCUT2D eigenvalue weighted by atomic mass is 16.6. The fraction of sp³-hybridized carbons (Fsp3) is 0.938. The van der Waals surface area contributed by atoms with Gasteiger partial charge in [0, 0.05) is 23.7 Å². The van der Waals surface area contributed by atoms with E-state index in [0.717, 1.165) is 25.7 Å². The van der Waals surface area contributed by atoms with Gasteiger partial charge in [-0.2, -0.15) is 0 Å². The van der Waals surface area contributed by atoms with E-state index in [2.05, 4.69) is 41.5 Å². The van der Waals surface area contributed by atoms with Crippen LogP contribution in [0.3, 0.4) is 0 Å². The summed E-state index contributed by atoms with van der Waals surface area (Å²) in [6.45, 7) is 12.7. The number of carbonyl (C=O) groups is 2. The summed E-state index contributed by atoms with van der Waals surface area (Å²) < 4.78 is 11.9. The molecule has 4 nitrogen and oxygen atoms in total. The number of unbranched alkanes of at least 4 members (excludes halogenated alkanes) is 16. The molecule has 212 valence electrons. The summed E-state index contributed by atoms with van der Waals surface area (Å²) in [4.78, 5) is 25.1. The molecule has 0 aromatic rings. The quantitative estimate of drug-likeness (QED) is 0.108. The number of hydrogen-bond acceptors (Lipinski definition) is 4. The van der Waals surface area contributed by atoms with Gasteiger partial charge in [0.2, 0.25) is 0 Å². The lowest BCUT2D eigenvalue weighted by Crippen LogP contribution is -2.69. The first-order valence-electron chi connectivity index (χ1n) is 15.6. The Balaban J connectivity index is 2.22. The van der Waals surface area contributed by atoms with Crippen molar-refractivity contribution in [2.24, 2.45) is 10.8 Å². The van der Waals surface area contributed by atoms with Crippen molar-refractivity contribution in [3.63, 3.8) is 0 Å². The van der Waals surface area contributed by atoms with Crippen LogP contribution < -0.4 is 0 Å². The summed E-state index contributed by atoms with van der Waals surface area (Å²) in [7, 11) is 0. The molecule has 0 N–H and O–H groups in total. The SMILES string of the molecule is CCCCCCCCCCCC(=O)OC1C(C)(C)C(OC(=O)CCCCCCCCCCC)C1(C)C. The molecule has 1 rings (SSSR count). The van der Waals surface area contributed by atoms with Gasteiger partial charge in [0.1, 0.15) is 12.2 Å². The zero-order valence-electron chi connectivity index (χ0n) is 24.9. The van der Waals surface area contributed by atoms with Crippen molar-refractivity contribution in [2.45, 2.75) is 182 Å². The maximum atomic E-state index is 12.5. The summed E-state index contributed by atoms with van der Waals surface area (Å²) in [5.74, 6) is -0.216. The molecule has 1 aliphatic rings. The number of rotatable bonds is 22. The van der Waals surface area contributed by atoms with Crippen molar-refractivity contribution >= 4 is 11.9 Å². The molecule has 1 saturated carbocycles. The van der Waals surface area contributed by atoms with E-state index in [1.54, 1.807) is 0 Å². The van der Waals surface area contributed by atoms with Crippen LogP contribution in [0.2, 0.25) is 0 Å². The second-order valence-electron chi connectivity index (χ2n) is 12.5. The van der Waals surface area contributed by atoms with Crippen LogP contribution in [0.15, 0.2) is 0 Å². The van der Waals surface area contributed by atoms with Crippen molar-refractivity contribution in [3.8, 4) is 0 Å². The second kappa shape index (κ2) is 18.2. The molecule has 0 bridgehead atoms. The fourth-order valence-corrected chi connectivity index (χ4v) is 6.24. The first-order chi connectivity index (χ1) is 17.2. The Morgan fingerprint density at radius 2 is 0.722 bits per heavy atom. The smallest absolute Gasteiger partial charge is 0.306 e. The standard InChI is InChI=1S/C32H60O4/c1-7-9-11-13-15-17-19-21-23-25-27(33)35-29-31(3,4)30(32(29,5)6)36-28(34)26-24-22-20-18-16-14-12-10-8-2/h29-30H,7-26H2,1-6H3. The maximum absolute atomic E-state index is 12.5. The molecule has 4 heteroatoms. The highest BCUT2D eigenvalue weighted by molar-refractivity contribution is 5.71. The lowest BCUT2D eigenvalue weighted by Gasteiger charge is -2.61. The van der Waals surface area contributed by atoms with Gasteiger partial charge in [0.25, 0.3) is 0 Å². The van der Waals surface area contributed by atoms with Gasteiger partial charge in [-0.1, -0.05) is 144 Å². The molecule has 36 heavy (non-hydrogen) atoms. The van der Waals surface area contributed by atoms with E-state index in [-0.39, 0.29) is 35.0 Å².